The molecule has 0 bridgehead atoms. The summed E-state index contributed by atoms with van der Waals surface area (Å²) < 4.78 is 10.6. The summed E-state index contributed by atoms with van der Waals surface area (Å²) in [5, 5.41) is 15.7. The number of hydrogen-bond acceptors (Lipinski definition) is 6. The zero-order valence-electron chi connectivity index (χ0n) is 23.6. The summed E-state index contributed by atoms with van der Waals surface area (Å²) in [6, 6.07) is 9.75. The molecule has 0 radical (unpaired) electrons. The van der Waals surface area contributed by atoms with E-state index in [-0.39, 0.29) is 18.2 Å². The molecule has 0 saturated heterocycles. The Hall–Kier alpha value is -3.75. The number of aromatic hydroxyl groups is 1. The van der Waals surface area contributed by atoms with Crippen molar-refractivity contribution in [2.24, 2.45) is 5.92 Å². The van der Waals surface area contributed by atoms with Crippen LogP contribution in [0.4, 0.5) is 10.5 Å². The van der Waals surface area contributed by atoms with Gasteiger partial charge >= 0.3 is 6.09 Å². The van der Waals surface area contributed by atoms with Crippen LogP contribution >= 0.6 is 0 Å². The van der Waals surface area contributed by atoms with Crippen LogP contribution in [-0.2, 0) is 14.3 Å². The van der Waals surface area contributed by atoms with E-state index < -0.39 is 35.6 Å². The number of phenols is 1. The first-order valence-corrected chi connectivity index (χ1v) is 12.8. The van der Waals surface area contributed by atoms with Crippen LogP contribution in [-0.4, -0.2) is 53.2 Å². The number of hydrogen-bond donors (Lipinski definition) is 3. The molecule has 0 aliphatic heterocycles. The summed E-state index contributed by atoms with van der Waals surface area (Å²) in [6.07, 6.45) is -0.132. The Labute approximate surface area is 225 Å². The topological polar surface area (TPSA) is 117 Å². The number of anilines is 1. The highest BCUT2D eigenvalue weighted by atomic mass is 16.6. The molecule has 0 fully saturated rings. The van der Waals surface area contributed by atoms with Crippen LogP contribution in [0.1, 0.15) is 65.1 Å². The molecule has 0 aromatic heterocycles. The number of benzene rings is 2. The van der Waals surface area contributed by atoms with Crippen molar-refractivity contribution in [2.45, 2.75) is 72.6 Å². The minimum Gasteiger partial charge on any atom is -0.508 e. The van der Waals surface area contributed by atoms with Gasteiger partial charge < -0.3 is 30.1 Å². The van der Waals surface area contributed by atoms with Crippen molar-refractivity contribution in [1.82, 2.24) is 10.2 Å². The molecule has 0 aliphatic carbocycles. The molecule has 9 nitrogen and oxygen atoms in total. The number of methoxy groups -OCH3 is 1. The first-order valence-electron chi connectivity index (χ1n) is 12.8. The van der Waals surface area contributed by atoms with E-state index in [4.69, 9.17) is 9.47 Å². The van der Waals surface area contributed by atoms with Gasteiger partial charge in [-0.2, -0.15) is 0 Å². The standard InChI is InChI=1S/C29H41N3O6/c1-9-16-32(27(35)24(18(2)3)31-28(36)38-29(5,6)7)25(20-10-15-23(33)19(4)17-20)26(34)30-21-11-13-22(37-8)14-12-21/h10-15,17-18,24-25,33H,9,16H2,1-8H3,(H,30,34)(H,31,36). The van der Waals surface area contributed by atoms with Crippen LogP contribution in [0.25, 0.3) is 0 Å². The number of carbonyl (C=O) groups excluding carboxylic acids is 3. The quantitative estimate of drug-likeness (QED) is 0.392. The van der Waals surface area contributed by atoms with E-state index in [1.54, 1.807) is 71.2 Å². The first-order chi connectivity index (χ1) is 17.8. The Balaban J connectivity index is 2.50. The fraction of sp³-hybridized carbons (Fsp3) is 0.483. The van der Waals surface area contributed by atoms with E-state index >= 15 is 0 Å². The lowest BCUT2D eigenvalue weighted by molar-refractivity contribution is -0.141. The number of carbonyl (C=O) groups is 3. The molecule has 38 heavy (non-hydrogen) atoms. The summed E-state index contributed by atoms with van der Waals surface area (Å²) in [5.74, 6) is -0.385. The predicted molar refractivity (Wildman–Crippen MR) is 147 cm³/mol. The maximum atomic E-state index is 14.0. The summed E-state index contributed by atoms with van der Waals surface area (Å²) in [5.41, 5.74) is 0.906. The van der Waals surface area contributed by atoms with E-state index in [9.17, 15) is 19.5 Å². The Kier molecular flexibility index (Phi) is 10.6. The third-order valence-electron chi connectivity index (χ3n) is 5.81. The second-order valence-electron chi connectivity index (χ2n) is 10.6. The van der Waals surface area contributed by atoms with Crippen molar-refractivity contribution >= 4 is 23.6 Å². The molecule has 3 amide bonds. The number of phenolic OH excluding ortho intramolecular Hbond substituents is 1. The molecule has 2 atom stereocenters. The lowest BCUT2D eigenvalue weighted by atomic mass is 9.97. The predicted octanol–water partition coefficient (Wildman–Crippen LogP) is 5.18. The molecule has 0 heterocycles. The Morgan fingerprint density at radius 3 is 2.18 bits per heavy atom. The van der Waals surface area contributed by atoms with Crippen molar-refractivity contribution < 1.29 is 29.0 Å². The van der Waals surface area contributed by atoms with Gasteiger partial charge in [0.1, 0.15) is 29.2 Å². The van der Waals surface area contributed by atoms with Gasteiger partial charge in [-0.3, -0.25) is 9.59 Å². The average molecular weight is 528 g/mol. The second-order valence-corrected chi connectivity index (χ2v) is 10.6. The third-order valence-corrected chi connectivity index (χ3v) is 5.81. The van der Waals surface area contributed by atoms with E-state index in [2.05, 4.69) is 10.6 Å². The fourth-order valence-electron chi connectivity index (χ4n) is 3.94. The number of amides is 3. The van der Waals surface area contributed by atoms with Crippen LogP contribution < -0.4 is 15.4 Å². The SMILES string of the molecule is CCCN(C(=O)C(NC(=O)OC(C)(C)C)C(C)C)C(C(=O)Nc1ccc(OC)cc1)c1ccc(O)c(C)c1. The Morgan fingerprint density at radius 2 is 1.68 bits per heavy atom. The van der Waals surface area contributed by atoms with E-state index in [0.29, 0.717) is 29.0 Å². The van der Waals surface area contributed by atoms with E-state index in [0.717, 1.165) is 0 Å². The molecule has 0 aliphatic rings. The molecule has 2 rings (SSSR count). The van der Waals surface area contributed by atoms with Crippen LogP contribution in [0.3, 0.4) is 0 Å². The van der Waals surface area contributed by atoms with Crippen LogP contribution in [0.2, 0.25) is 0 Å². The summed E-state index contributed by atoms with van der Waals surface area (Å²) in [6.45, 7) is 12.8. The smallest absolute Gasteiger partial charge is 0.408 e. The lowest BCUT2D eigenvalue weighted by Gasteiger charge is -2.35. The highest BCUT2D eigenvalue weighted by Crippen LogP contribution is 2.29. The van der Waals surface area contributed by atoms with Gasteiger partial charge in [0.05, 0.1) is 7.11 Å². The van der Waals surface area contributed by atoms with Crippen molar-refractivity contribution in [1.29, 1.82) is 0 Å². The van der Waals surface area contributed by atoms with E-state index in [1.165, 1.54) is 11.0 Å². The zero-order chi connectivity index (χ0) is 28.6. The Bertz CT molecular complexity index is 1110. The number of alkyl carbamates (subject to hydrolysis) is 1. The van der Waals surface area contributed by atoms with Crippen molar-refractivity contribution in [2.75, 3.05) is 19.0 Å². The van der Waals surface area contributed by atoms with Gasteiger partial charge in [0.2, 0.25) is 5.91 Å². The summed E-state index contributed by atoms with van der Waals surface area (Å²) in [4.78, 5) is 41.8. The van der Waals surface area contributed by atoms with Crippen molar-refractivity contribution in [3.63, 3.8) is 0 Å². The molecular weight excluding hydrogens is 486 g/mol. The molecule has 9 heteroatoms. The minimum atomic E-state index is -1.02. The molecule has 0 spiro atoms. The maximum Gasteiger partial charge on any atom is 0.408 e. The lowest BCUT2D eigenvalue weighted by Crippen LogP contribution is -2.54. The van der Waals surface area contributed by atoms with Crippen molar-refractivity contribution in [3.05, 3.63) is 53.6 Å². The average Bonchev–Trinajstić information content (AvgIpc) is 2.83. The van der Waals surface area contributed by atoms with Crippen LogP contribution in [0.5, 0.6) is 11.5 Å². The fourth-order valence-corrected chi connectivity index (χ4v) is 3.94. The molecule has 0 saturated carbocycles. The number of aryl methyl sites for hydroxylation is 1. The van der Waals surface area contributed by atoms with Gasteiger partial charge in [-0.05, 0) is 87.6 Å². The van der Waals surface area contributed by atoms with Gasteiger partial charge in [-0.25, -0.2) is 4.79 Å². The van der Waals surface area contributed by atoms with Gasteiger partial charge in [0.25, 0.3) is 5.91 Å². The van der Waals surface area contributed by atoms with Gasteiger partial charge in [0, 0.05) is 12.2 Å². The molecular formula is C29H41N3O6. The normalized spacial score (nSPS) is 12.9. The molecule has 2 aromatic carbocycles. The van der Waals surface area contributed by atoms with E-state index in [1.807, 2.05) is 20.8 Å². The number of ether oxygens (including phenoxy) is 2. The molecule has 208 valence electrons. The minimum absolute atomic E-state index is 0.0862. The summed E-state index contributed by atoms with van der Waals surface area (Å²) in [7, 11) is 1.56. The summed E-state index contributed by atoms with van der Waals surface area (Å²) >= 11 is 0. The first kappa shape index (κ1) is 30.5. The second kappa shape index (κ2) is 13.2. The molecule has 3 N–H and O–H groups in total. The molecule has 2 unspecified atom stereocenters. The highest BCUT2D eigenvalue weighted by molar-refractivity contribution is 5.99. The highest BCUT2D eigenvalue weighted by Gasteiger charge is 2.37. The maximum absolute atomic E-state index is 14.0. The van der Waals surface area contributed by atoms with Crippen molar-refractivity contribution in [3.8, 4) is 11.5 Å². The third kappa shape index (κ3) is 8.39. The molecule has 2 aromatic rings. The number of rotatable bonds is 10. The van der Waals surface area contributed by atoms with Crippen LogP contribution in [0.15, 0.2) is 42.5 Å². The largest absolute Gasteiger partial charge is 0.508 e. The monoisotopic (exact) mass is 527 g/mol. The zero-order valence-corrected chi connectivity index (χ0v) is 23.6. The number of nitrogens with zero attached hydrogens (tertiary/aromatic N) is 1. The van der Waals surface area contributed by atoms with Gasteiger partial charge in [-0.15, -0.1) is 0 Å². The van der Waals surface area contributed by atoms with Gasteiger partial charge in [-0.1, -0.05) is 26.8 Å². The van der Waals surface area contributed by atoms with Crippen LogP contribution in [0, 0.1) is 12.8 Å². The Morgan fingerprint density at radius 1 is 1.05 bits per heavy atom. The number of nitrogens with one attached hydrogen (secondary N) is 2. The van der Waals surface area contributed by atoms with Gasteiger partial charge in [0.15, 0.2) is 0 Å².